The van der Waals surface area contributed by atoms with Crippen molar-refractivity contribution in [3.8, 4) is 0 Å². The molecule has 0 aliphatic carbocycles. The Morgan fingerprint density at radius 2 is 2.43 bits per heavy atom. The molecule has 0 aromatic carbocycles. The fourth-order valence-electron chi connectivity index (χ4n) is 1.13. The van der Waals surface area contributed by atoms with Gasteiger partial charge in [-0.25, -0.2) is 0 Å². The fourth-order valence-corrected chi connectivity index (χ4v) is 2.68. The van der Waals surface area contributed by atoms with Crippen molar-refractivity contribution in [2.45, 2.75) is 25.3 Å². The summed E-state index contributed by atoms with van der Waals surface area (Å²) in [7, 11) is 0. The second-order valence-corrected chi connectivity index (χ2v) is 5.04. The van der Waals surface area contributed by atoms with E-state index >= 15 is 0 Å². The van der Waals surface area contributed by atoms with Gasteiger partial charge in [0.05, 0.1) is 0 Å². The van der Waals surface area contributed by atoms with Crippen molar-refractivity contribution in [3.63, 3.8) is 0 Å². The molecule has 0 aliphatic rings. The van der Waals surface area contributed by atoms with E-state index in [1.54, 1.807) is 11.3 Å². The van der Waals surface area contributed by atoms with Crippen molar-refractivity contribution in [1.29, 1.82) is 0 Å². The van der Waals surface area contributed by atoms with Crippen molar-refractivity contribution < 1.29 is 9.90 Å². The number of carboxylic acids is 1. The number of rotatable bonds is 5. The number of carboxylic acid groups (broad SMARTS) is 1. The van der Waals surface area contributed by atoms with Crippen LogP contribution in [0.1, 0.15) is 17.7 Å². The molecule has 0 radical (unpaired) electrons. The highest BCUT2D eigenvalue weighted by molar-refractivity contribution is 9.10. The first-order valence-corrected chi connectivity index (χ1v) is 5.95. The van der Waals surface area contributed by atoms with Gasteiger partial charge in [0.25, 0.3) is 0 Å². The third-order valence-electron chi connectivity index (χ3n) is 1.81. The predicted molar refractivity (Wildman–Crippen MR) is 60.6 cm³/mol. The van der Waals surface area contributed by atoms with Gasteiger partial charge in [-0.15, -0.1) is 11.3 Å². The Kier molecular flexibility index (Phi) is 4.57. The zero-order valence-electron chi connectivity index (χ0n) is 7.57. The number of aliphatic carboxylic acids is 1. The lowest BCUT2D eigenvalue weighted by atomic mass is 10.1. The van der Waals surface area contributed by atoms with Crippen LogP contribution in [0.25, 0.3) is 0 Å². The van der Waals surface area contributed by atoms with Gasteiger partial charge in [-0.2, -0.15) is 0 Å². The lowest BCUT2D eigenvalue weighted by Gasteiger charge is -2.07. The van der Waals surface area contributed by atoms with Gasteiger partial charge in [-0.3, -0.25) is 4.79 Å². The molecule has 5 heteroatoms. The summed E-state index contributed by atoms with van der Waals surface area (Å²) < 4.78 is 1.06. The minimum Gasteiger partial charge on any atom is -0.481 e. The average molecular weight is 278 g/mol. The zero-order chi connectivity index (χ0) is 10.6. The van der Waals surface area contributed by atoms with Crippen LogP contribution < -0.4 is 5.73 Å². The third-order valence-corrected chi connectivity index (χ3v) is 3.53. The van der Waals surface area contributed by atoms with E-state index in [4.69, 9.17) is 10.8 Å². The Bertz CT molecular complexity index is 314. The highest BCUT2D eigenvalue weighted by Crippen LogP contribution is 2.21. The predicted octanol–water partition coefficient (Wildman–Crippen LogP) is 2.25. The van der Waals surface area contributed by atoms with Gasteiger partial charge in [0.2, 0.25) is 0 Å². The molecule has 1 atom stereocenters. The van der Waals surface area contributed by atoms with Gasteiger partial charge >= 0.3 is 5.97 Å². The third kappa shape index (κ3) is 4.21. The van der Waals surface area contributed by atoms with Crippen LogP contribution in [0.5, 0.6) is 0 Å². The van der Waals surface area contributed by atoms with Crippen LogP contribution in [0.2, 0.25) is 0 Å². The number of hydrogen-bond donors (Lipinski definition) is 2. The Hall–Kier alpha value is -0.390. The number of thiophene rings is 1. The monoisotopic (exact) mass is 277 g/mol. The van der Waals surface area contributed by atoms with E-state index in [1.807, 2.05) is 11.4 Å². The van der Waals surface area contributed by atoms with E-state index < -0.39 is 5.97 Å². The van der Waals surface area contributed by atoms with E-state index in [0.717, 1.165) is 10.9 Å². The molecule has 1 aromatic rings. The van der Waals surface area contributed by atoms with Gasteiger partial charge in [0.15, 0.2) is 0 Å². The van der Waals surface area contributed by atoms with Gasteiger partial charge in [0, 0.05) is 27.2 Å². The highest BCUT2D eigenvalue weighted by Gasteiger charge is 2.08. The van der Waals surface area contributed by atoms with Crippen molar-refractivity contribution in [3.05, 3.63) is 20.8 Å². The maximum absolute atomic E-state index is 10.3. The molecule has 1 aromatic heterocycles. The standard InChI is InChI=1S/C9H12BrNO2S/c10-6-3-8(14-5-6)4-7(11)1-2-9(12)13/h3,5,7H,1-2,4,11H2,(H,12,13). The van der Waals surface area contributed by atoms with E-state index in [2.05, 4.69) is 15.9 Å². The summed E-state index contributed by atoms with van der Waals surface area (Å²) in [4.78, 5) is 11.5. The summed E-state index contributed by atoms with van der Waals surface area (Å²) in [5, 5.41) is 10.5. The number of nitrogens with two attached hydrogens (primary N) is 1. The minimum absolute atomic E-state index is 0.0587. The number of carbonyl (C=O) groups is 1. The quantitative estimate of drug-likeness (QED) is 0.868. The molecule has 0 fully saturated rings. The fraction of sp³-hybridized carbons (Fsp3) is 0.444. The summed E-state index contributed by atoms with van der Waals surface area (Å²) in [5.41, 5.74) is 5.79. The molecular weight excluding hydrogens is 266 g/mol. The SMILES string of the molecule is NC(CCC(=O)O)Cc1cc(Br)cs1. The van der Waals surface area contributed by atoms with Crippen molar-refractivity contribution in [1.82, 2.24) is 0 Å². The Labute approximate surface area is 95.1 Å². The molecule has 0 saturated heterocycles. The molecule has 78 valence electrons. The lowest BCUT2D eigenvalue weighted by Crippen LogP contribution is -2.23. The second-order valence-electron chi connectivity index (χ2n) is 3.13. The summed E-state index contributed by atoms with van der Waals surface area (Å²) in [5.74, 6) is -0.784. The average Bonchev–Trinajstić information content (AvgIpc) is 2.48. The maximum Gasteiger partial charge on any atom is 0.303 e. The summed E-state index contributed by atoms with van der Waals surface area (Å²) in [6.45, 7) is 0. The molecule has 0 amide bonds. The molecule has 3 nitrogen and oxygen atoms in total. The van der Waals surface area contributed by atoms with E-state index in [9.17, 15) is 4.79 Å². The van der Waals surface area contributed by atoms with Crippen LogP contribution >= 0.6 is 27.3 Å². The van der Waals surface area contributed by atoms with E-state index in [-0.39, 0.29) is 12.5 Å². The topological polar surface area (TPSA) is 63.3 Å². The lowest BCUT2D eigenvalue weighted by molar-refractivity contribution is -0.137. The van der Waals surface area contributed by atoms with Crippen LogP contribution in [-0.2, 0) is 11.2 Å². The van der Waals surface area contributed by atoms with Gasteiger partial charge in [0.1, 0.15) is 0 Å². The summed E-state index contributed by atoms with van der Waals surface area (Å²) in [6, 6.07) is 1.96. The molecule has 1 rings (SSSR count). The molecule has 1 unspecified atom stereocenters. The van der Waals surface area contributed by atoms with Crippen molar-refractivity contribution in [2.75, 3.05) is 0 Å². The molecule has 0 saturated carbocycles. The maximum atomic E-state index is 10.3. The Balaban J connectivity index is 2.33. The molecule has 3 N–H and O–H groups in total. The first-order valence-electron chi connectivity index (χ1n) is 4.28. The Morgan fingerprint density at radius 1 is 1.71 bits per heavy atom. The van der Waals surface area contributed by atoms with Crippen LogP contribution in [0, 0.1) is 0 Å². The van der Waals surface area contributed by atoms with E-state index in [1.165, 1.54) is 4.88 Å². The first kappa shape index (κ1) is 11.7. The van der Waals surface area contributed by atoms with Gasteiger partial charge < -0.3 is 10.8 Å². The number of hydrogen-bond acceptors (Lipinski definition) is 3. The number of halogens is 1. The normalized spacial score (nSPS) is 12.7. The molecular formula is C9H12BrNO2S. The zero-order valence-corrected chi connectivity index (χ0v) is 9.97. The second kappa shape index (κ2) is 5.48. The van der Waals surface area contributed by atoms with Gasteiger partial charge in [-0.1, -0.05) is 0 Å². The Morgan fingerprint density at radius 3 is 2.93 bits per heavy atom. The van der Waals surface area contributed by atoms with Crippen molar-refractivity contribution in [2.24, 2.45) is 5.73 Å². The highest BCUT2D eigenvalue weighted by atomic mass is 79.9. The molecule has 14 heavy (non-hydrogen) atoms. The summed E-state index contributed by atoms with van der Waals surface area (Å²) in [6.07, 6.45) is 1.43. The molecule has 0 aliphatic heterocycles. The van der Waals surface area contributed by atoms with Gasteiger partial charge in [-0.05, 0) is 34.8 Å². The summed E-state index contributed by atoms with van der Waals surface area (Å²) >= 11 is 5.00. The molecule has 1 heterocycles. The van der Waals surface area contributed by atoms with Crippen LogP contribution in [0.15, 0.2) is 15.9 Å². The minimum atomic E-state index is -0.784. The first-order chi connectivity index (χ1) is 6.58. The van der Waals surface area contributed by atoms with Crippen molar-refractivity contribution >= 4 is 33.2 Å². The van der Waals surface area contributed by atoms with E-state index in [0.29, 0.717) is 6.42 Å². The van der Waals surface area contributed by atoms with Crippen LogP contribution in [0.4, 0.5) is 0 Å². The molecule has 0 bridgehead atoms. The molecule has 0 spiro atoms. The van der Waals surface area contributed by atoms with Crippen LogP contribution in [0.3, 0.4) is 0 Å². The largest absolute Gasteiger partial charge is 0.481 e. The smallest absolute Gasteiger partial charge is 0.303 e. The van der Waals surface area contributed by atoms with Crippen LogP contribution in [-0.4, -0.2) is 17.1 Å².